The van der Waals surface area contributed by atoms with Gasteiger partial charge in [0.15, 0.2) is 11.5 Å². The third-order valence-corrected chi connectivity index (χ3v) is 7.44. The Balaban J connectivity index is 1.80. The van der Waals surface area contributed by atoms with Gasteiger partial charge in [0.05, 0.1) is 40.3 Å². The fourth-order valence-electron chi connectivity index (χ4n) is 3.24. The van der Waals surface area contributed by atoms with Gasteiger partial charge in [-0.05, 0) is 35.9 Å². The van der Waals surface area contributed by atoms with E-state index in [4.69, 9.17) is 32.7 Å². The van der Waals surface area contributed by atoms with Gasteiger partial charge in [0, 0.05) is 19.5 Å². The number of amides is 1. The topological polar surface area (TPSA) is 84.9 Å². The van der Waals surface area contributed by atoms with Gasteiger partial charge in [-0.3, -0.25) is 4.79 Å². The zero-order chi connectivity index (χ0) is 22.6. The van der Waals surface area contributed by atoms with Crippen molar-refractivity contribution in [1.82, 2.24) is 4.31 Å². The molecule has 0 fully saturated rings. The molecule has 1 N–H and O–H groups in total. The van der Waals surface area contributed by atoms with E-state index in [2.05, 4.69) is 5.32 Å². The predicted octanol–water partition coefficient (Wildman–Crippen LogP) is 4.37. The number of anilines is 1. The highest BCUT2D eigenvalue weighted by atomic mass is 35.5. The van der Waals surface area contributed by atoms with Gasteiger partial charge < -0.3 is 14.8 Å². The largest absolute Gasteiger partial charge is 0.489 e. The van der Waals surface area contributed by atoms with Crippen molar-refractivity contribution in [2.45, 2.75) is 31.6 Å². The van der Waals surface area contributed by atoms with Crippen molar-refractivity contribution in [3.05, 3.63) is 45.9 Å². The summed E-state index contributed by atoms with van der Waals surface area (Å²) in [6.07, 6.45) is 0.742. The summed E-state index contributed by atoms with van der Waals surface area (Å²) in [5, 5.41) is 3.30. The van der Waals surface area contributed by atoms with E-state index in [1.807, 2.05) is 0 Å². The molecule has 1 amide bonds. The van der Waals surface area contributed by atoms with Crippen LogP contribution >= 0.6 is 23.2 Å². The van der Waals surface area contributed by atoms with Gasteiger partial charge >= 0.3 is 0 Å². The minimum Gasteiger partial charge on any atom is -0.489 e. The molecule has 31 heavy (non-hydrogen) atoms. The molecular weight excluding hydrogens is 463 g/mol. The van der Waals surface area contributed by atoms with Gasteiger partial charge in [-0.1, -0.05) is 37.0 Å². The first kappa shape index (κ1) is 23.7. The summed E-state index contributed by atoms with van der Waals surface area (Å²) in [6, 6.07) is 7.62. The highest BCUT2D eigenvalue weighted by Gasteiger charge is 2.23. The first-order chi connectivity index (χ1) is 14.8. The Morgan fingerprint density at radius 3 is 2.48 bits per heavy atom. The molecule has 1 aliphatic rings. The second-order valence-electron chi connectivity index (χ2n) is 6.91. The third kappa shape index (κ3) is 5.44. The van der Waals surface area contributed by atoms with E-state index in [9.17, 15) is 13.2 Å². The van der Waals surface area contributed by atoms with E-state index >= 15 is 0 Å². The molecule has 2 aromatic carbocycles. The number of carbonyl (C=O) groups is 1. The minimum atomic E-state index is -3.68. The van der Waals surface area contributed by atoms with E-state index in [-0.39, 0.29) is 27.9 Å². The number of nitrogens with zero attached hydrogens (tertiary/aromatic N) is 1. The molecule has 10 heteroatoms. The van der Waals surface area contributed by atoms with Crippen molar-refractivity contribution >= 4 is 44.8 Å². The second-order valence-corrected chi connectivity index (χ2v) is 9.66. The Labute approximate surface area is 192 Å². The van der Waals surface area contributed by atoms with E-state index in [1.54, 1.807) is 26.0 Å². The Morgan fingerprint density at radius 1 is 1.06 bits per heavy atom. The monoisotopic (exact) mass is 486 g/mol. The van der Waals surface area contributed by atoms with Crippen LogP contribution < -0.4 is 14.8 Å². The van der Waals surface area contributed by atoms with Gasteiger partial charge in [-0.2, -0.15) is 4.31 Å². The SMILES string of the molecule is CCN(CC)S(=O)(=O)c1ccc(Cl)c(NC(=O)Cc2cc(Cl)c3c(c2)OCCCO3)c1. The number of fused-ring (bicyclic) bond motifs is 1. The van der Waals surface area contributed by atoms with Gasteiger partial charge in [-0.15, -0.1) is 0 Å². The molecule has 3 rings (SSSR count). The molecule has 7 nitrogen and oxygen atoms in total. The van der Waals surface area contributed by atoms with Crippen molar-refractivity contribution in [1.29, 1.82) is 0 Å². The molecule has 0 saturated heterocycles. The lowest BCUT2D eigenvalue weighted by Gasteiger charge is -2.19. The Kier molecular flexibility index (Phi) is 7.69. The number of rotatable bonds is 7. The lowest BCUT2D eigenvalue weighted by Crippen LogP contribution is -2.30. The van der Waals surface area contributed by atoms with Crippen molar-refractivity contribution in [3.8, 4) is 11.5 Å². The fourth-order valence-corrected chi connectivity index (χ4v) is 5.18. The Hall–Kier alpha value is -2.00. The normalized spacial score (nSPS) is 13.7. The van der Waals surface area contributed by atoms with Crippen LogP contribution in [0.3, 0.4) is 0 Å². The lowest BCUT2D eigenvalue weighted by molar-refractivity contribution is -0.115. The van der Waals surface area contributed by atoms with Crippen LogP contribution in [0, 0.1) is 0 Å². The number of carbonyl (C=O) groups excluding carboxylic acids is 1. The molecule has 2 aromatic rings. The van der Waals surface area contributed by atoms with Crippen molar-refractivity contribution in [3.63, 3.8) is 0 Å². The Morgan fingerprint density at radius 2 is 1.77 bits per heavy atom. The summed E-state index contributed by atoms with van der Waals surface area (Å²) in [5.74, 6) is 0.601. The van der Waals surface area contributed by atoms with Gasteiger partial charge in [0.2, 0.25) is 15.9 Å². The average Bonchev–Trinajstić information content (AvgIpc) is 2.96. The minimum absolute atomic E-state index is 0.000286. The number of halogens is 2. The number of benzene rings is 2. The van der Waals surface area contributed by atoms with Crippen LogP contribution in [0.25, 0.3) is 0 Å². The van der Waals surface area contributed by atoms with E-state index in [1.165, 1.54) is 22.5 Å². The molecule has 0 atom stereocenters. The molecule has 0 spiro atoms. The zero-order valence-electron chi connectivity index (χ0n) is 17.3. The molecule has 1 aliphatic heterocycles. The van der Waals surface area contributed by atoms with E-state index in [0.29, 0.717) is 48.4 Å². The zero-order valence-corrected chi connectivity index (χ0v) is 19.6. The van der Waals surface area contributed by atoms with Gasteiger partial charge in [0.1, 0.15) is 0 Å². The fraction of sp³-hybridized carbons (Fsp3) is 0.381. The maximum Gasteiger partial charge on any atom is 0.243 e. The standard InChI is InChI=1S/C21H24Cl2N2O5S/c1-3-25(4-2)31(27,28)15-6-7-16(22)18(13-15)24-20(26)12-14-10-17(23)21-19(11-14)29-8-5-9-30-21/h6-7,10-11,13H,3-5,8-9,12H2,1-2H3,(H,24,26). The first-order valence-electron chi connectivity index (χ1n) is 9.93. The van der Waals surface area contributed by atoms with Gasteiger partial charge in [-0.25, -0.2) is 8.42 Å². The van der Waals surface area contributed by atoms with E-state index < -0.39 is 10.0 Å². The van der Waals surface area contributed by atoms with Crippen LogP contribution in [0.2, 0.25) is 10.0 Å². The predicted molar refractivity (Wildman–Crippen MR) is 121 cm³/mol. The van der Waals surface area contributed by atoms with Crippen LogP contribution in [0.1, 0.15) is 25.8 Å². The number of nitrogens with one attached hydrogen (secondary N) is 1. The molecule has 0 radical (unpaired) electrons. The summed E-state index contributed by atoms with van der Waals surface area (Å²) in [4.78, 5) is 12.7. The van der Waals surface area contributed by atoms with Crippen LogP contribution in [0.5, 0.6) is 11.5 Å². The molecular formula is C21H24Cl2N2O5S. The summed E-state index contributed by atoms with van der Waals surface area (Å²) >= 11 is 12.5. The number of hydrogen-bond acceptors (Lipinski definition) is 5. The van der Waals surface area contributed by atoms with Crippen LogP contribution in [-0.4, -0.2) is 44.9 Å². The molecule has 0 unspecified atom stereocenters. The second kappa shape index (κ2) is 10.1. The maximum absolute atomic E-state index is 12.8. The van der Waals surface area contributed by atoms with Gasteiger partial charge in [0.25, 0.3) is 0 Å². The highest BCUT2D eigenvalue weighted by molar-refractivity contribution is 7.89. The average molecular weight is 487 g/mol. The molecule has 168 valence electrons. The number of hydrogen-bond donors (Lipinski definition) is 1. The summed E-state index contributed by atoms with van der Waals surface area (Å²) < 4.78 is 38.1. The van der Waals surface area contributed by atoms with Crippen molar-refractivity contribution < 1.29 is 22.7 Å². The third-order valence-electron chi connectivity index (χ3n) is 4.78. The molecule has 0 saturated carbocycles. The number of sulfonamides is 1. The van der Waals surface area contributed by atoms with Crippen LogP contribution in [0.15, 0.2) is 35.2 Å². The summed E-state index contributed by atoms with van der Waals surface area (Å²) in [6.45, 7) is 5.22. The lowest BCUT2D eigenvalue weighted by atomic mass is 10.1. The van der Waals surface area contributed by atoms with Crippen molar-refractivity contribution in [2.75, 3.05) is 31.6 Å². The summed E-state index contributed by atoms with van der Waals surface area (Å²) in [7, 11) is -3.68. The molecule has 0 aliphatic carbocycles. The van der Waals surface area contributed by atoms with Crippen LogP contribution in [0.4, 0.5) is 5.69 Å². The molecule has 0 aromatic heterocycles. The summed E-state index contributed by atoms with van der Waals surface area (Å²) in [5.41, 5.74) is 0.857. The quantitative estimate of drug-likeness (QED) is 0.627. The Bertz CT molecular complexity index is 1070. The molecule has 0 bridgehead atoms. The maximum atomic E-state index is 12.8. The smallest absolute Gasteiger partial charge is 0.243 e. The van der Waals surface area contributed by atoms with E-state index in [0.717, 1.165) is 6.42 Å². The number of ether oxygens (including phenoxy) is 2. The molecule has 1 heterocycles. The van der Waals surface area contributed by atoms with Crippen LogP contribution in [-0.2, 0) is 21.2 Å². The van der Waals surface area contributed by atoms with Crippen molar-refractivity contribution in [2.24, 2.45) is 0 Å². The highest BCUT2D eigenvalue weighted by Crippen LogP contribution is 2.38. The first-order valence-corrected chi connectivity index (χ1v) is 12.1.